The van der Waals surface area contributed by atoms with E-state index in [1.54, 1.807) is 68.3 Å². The summed E-state index contributed by atoms with van der Waals surface area (Å²) in [6, 6.07) is 11.5. The monoisotopic (exact) mass is 415 g/mol. The number of aryl methyl sites for hydroxylation is 1. The summed E-state index contributed by atoms with van der Waals surface area (Å²) in [4.78, 5) is 35.7. The zero-order valence-electron chi connectivity index (χ0n) is 17.1. The van der Waals surface area contributed by atoms with Crippen LogP contribution in [0, 0.1) is 6.92 Å². The Balaban J connectivity index is 1.86. The standard InChI is InChI=1S/C24H21N3O4/c1-15-11-18(31-2)7-8-19(15)22(28)20-21(17-6-4-10-26-13-17)27(24(30)23(20)29)14-16-5-3-9-25-12-16/h3-13,21,28H,14H2,1-2H3/b22-20+/t21-/m1/s1. The summed E-state index contributed by atoms with van der Waals surface area (Å²) in [7, 11) is 1.56. The largest absolute Gasteiger partial charge is 0.507 e. The van der Waals surface area contributed by atoms with Crippen LogP contribution in [0.1, 0.15) is 28.3 Å². The Hall–Kier alpha value is -4.00. The summed E-state index contributed by atoms with van der Waals surface area (Å²) in [6.45, 7) is 1.98. The molecule has 2 aromatic heterocycles. The fraction of sp³-hybridized carbons (Fsp3) is 0.167. The first-order chi connectivity index (χ1) is 15.0. The smallest absolute Gasteiger partial charge is 0.295 e. The second-order valence-corrected chi connectivity index (χ2v) is 7.26. The van der Waals surface area contributed by atoms with Crippen molar-refractivity contribution in [3.63, 3.8) is 0 Å². The van der Waals surface area contributed by atoms with Gasteiger partial charge < -0.3 is 14.7 Å². The number of carbonyl (C=O) groups excluding carboxylic acids is 2. The lowest BCUT2D eigenvalue weighted by molar-refractivity contribution is -0.140. The molecule has 1 aliphatic heterocycles. The van der Waals surface area contributed by atoms with Crippen molar-refractivity contribution in [2.24, 2.45) is 0 Å². The van der Waals surface area contributed by atoms with Crippen molar-refractivity contribution >= 4 is 17.4 Å². The summed E-state index contributed by atoms with van der Waals surface area (Å²) < 4.78 is 5.23. The Morgan fingerprint density at radius 3 is 2.45 bits per heavy atom. The zero-order valence-corrected chi connectivity index (χ0v) is 17.1. The Labute approximate surface area is 179 Å². The van der Waals surface area contributed by atoms with Gasteiger partial charge in [-0.25, -0.2) is 0 Å². The molecule has 1 amide bonds. The highest BCUT2D eigenvalue weighted by atomic mass is 16.5. The molecule has 0 unspecified atom stereocenters. The first-order valence-corrected chi connectivity index (χ1v) is 9.73. The molecule has 4 rings (SSSR count). The van der Waals surface area contributed by atoms with Gasteiger partial charge in [0.05, 0.1) is 18.7 Å². The van der Waals surface area contributed by atoms with Crippen LogP contribution in [0.25, 0.3) is 5.76 Å². The van der Waals surface area contributed by atoms with Gasteiger partial charge in [0.1, 0.15) is 11.5 Å². The molecule has 1 aliphatic rings. The number of aromatic nitrogens is 2. The van der Waals surface area contributed by atoms with Crippen molar-refractivity contribution in [3.8, 4) is 5.75 Å². The zero-order chi connectivity index (χ0) is 22.0. The van der Waals surface area contributed by atoms with Crippen LogP contribution in [0.3, 0.4) is 0 Å². The van der Waals surface area contributed by atoms with Gasteiger partial charge in [-0.05, 0) is 53.9 Å². The minimum atomic E-state index is -0.768. The number of methoxy groups -OCH3 is 1. The van der Waals surface area contributed by atoms with E-state index in [0.717, 1.165) is 11.1 Å². The van der Waals surface area contributed by atoms with Gasteiger partial charge in [-0.1, -0.05) is 12.1 Å². The van der Waals surface area contributed by atoms with Crippen molar-refractivity contribution in [3.05, 3.63) is 95.1 Å². The molecule has 0 radical (unpaired) electrons. The predicted octanol–water partition coefficient (Wildman–Crippen LogP) is 3.42. The second kappa shape index (κ2) is 8.39. The second-order valence-electron chi connectivity index (χ2n) is 7.26. The van der Waals surface area contributed by atoms with Crippen molar-refractivity contribution in [1.29, 1.82) is 0 Å². The van der Waals surface area contributed by atoms with Gasteiger partial charge in [-0.15, -0.1) is 0 Å². The summed E-state index contributed by atoms with van der Waals surface area (Å²) in [5.74, 6) is -0.994. The lowest BCUT2D eigenvalue weighted by Crippen LogP contribution is -2.29. The van der Waals surface area contributed by atoms with Gasteiger partial charge >= 0.3 is 0 Å². The number of amides is 1. The number of pyridine rings is 2. The van der Waals surface area contributed by atoms with Crippen LogP contribution in [0.5, 0.6) is 5.75 Å². The van der Waals surface area contributed by atoms with Gasteiger partial charge in [0, 0.05) is 36.9 Å². The maximum absolute atomic E-state index is 13.1. The summed E-state index contributed by atoms with van der Waals surface area (Å²) >= 11 is 0. The summed E-state index contributed by atoms with van der Waals surface area (Å²) in [5, 5.41) is 11.2. The number of hydrogen-bond acceptors (Lipinski definition) is 6. The topological polar surface area (TPSA) is 92.6 Å². The van der Waals surface area contributed by atoms with Crippen LogP contribution >= 0.6 is 0 Å². The van der Waals surface area contributed by atoms with Crippen LogP contribution in [-0.4, -0.2) is 38.8 Å². The number of benzene rings is 1. The van der Waals surface area contributed by atoms with E-state index in [4.69, 9.17) is 4.74 Å². The maximum atomic E-state index is 13.1. The fourth-order valence-electron chi connectivity index (χ4n) is 3.79. The third-order valence-corrected chi connectivity index (χ3v) is 5.30. The third-order valence-electron chi connectivity index (χ3n) is 5.30. The van der Waals surface area contributed by atoms with Gasteiger partial charge in [0.2, 0.25) is 0 Å². The first-order valence-electron chi connectivity index (χ1n) is 9.73. The molecule has 7 nitrogen and oxygen atoms in total. The Bertz CT molecular complexity index is 1160. The predicted molar refractivity (Wildman–Crippen MR) is 114 cm³/mol. The summed E-state index contributed by atoms with van der Waals surface area (Å²) in [5.41, 5.74) is 2.64. The van der Waals surface area contributed by atoms with Crippen LogP contribution < -0.4 is 4.74 Å². The summed E-state index contributed by atoms with van der Waals surface area (Å²) in [6.07, 6.45) is 6.50. The first kappa shape index (κ1) is 20.3. The van der Waals surface area contributed by atoms with E-state index in [1.807, 2.05) is 13.0 Å². The molecular weight excluding hydrogens is 394 g/mol. The van der Waals surface area contributed by atoms with E-state index >= 15 is 0 Å². The highest BCUT2D eigenvalue weighted by molar-refractivity contribution is 6.46. The van der Waals surface area contributed by atoms with Gasteiger partial charge in [-0.3, -0.25) is 19.6 Å². The van der Waals surface area contributed by atoms with Crippen molar-refractivity contribution < 1.29 is 19.4 Å². The number of rotatable bonds is 5. The molecule has 0 saturated carbocycles. The molecule has 0 aliphatic carbocycles. The average molecular weight is 415 g/mol. The van der Waals surface area contributed by atoms with E-state index in [2.05, 4.69) is 9.97 Å². The maximum Gasteiger partial charge on any atom is 0.295 e. The number of carbonyl (C=O) groups is 2. The Morgan fingerprint density at radius 2 is 1.84 bits per heavy atom. The minimum absolute atomic E-state index is 0.0372. The van der Waals surface area contributed by atoms with E-state index in [1.165, 1.54) is 4.90 Å². The number of nitrogens with zero attached hydrogens (tertiary/aromatic N) is 3. The van der Waals surface area contributed by atoms with Crippen molar-refractivity contribution in [2.45, 2.75) is 19.5 Å². The normalized spacial score (nSPS) is 17.7. The molecule has 1 N–H and O–H groups in total. The number of likely N-dealkylation sites (tertiary alicyclic amines) is 1. The average Bonchev–Trinajstić information content (AvgIpc) is 3.04. The lowest BCUT2D eigenvalue weighted by Gasteiger charge is -2.25. The van der Waals surface area contributed by atoms with Crippen molar-refractivity contribution in [2.75, 3.05) is 7.11 Å². The molecule has 156 valence electrons. The quantitative estimate of drug-likeness (QED) is 0.390. The van der Waals surface area contributed by atoms with E-state index in [0.29, 0.717) is 16.9 Å². The van der Waals surface area contributed by atoms with E-state index in [-0.39, 0.29) is 17.9 Å². The third kappa shape index (κ3) is 3.77. The molecule has 1 fully saturated rings. The van der Waals surface area contributed by atoms with E-state index < -0.39 is 17.7 Å². The number of aliphatic hydroxyl groups excluding tert-OH is 1. The Kier molecular flexibility index (Phi) is 5.49. The fourth-order valence-corrected chi connectivity index (χ4v) is 3.79. The number of aliphatic hydroxyl groups is 1. The number of ether oxygens (including phenoxy) is 1. The van der Waals surface area contributed by atoms with Crippen LogP contribution in [0.4, 0.5) is 0 Å². The highest BCUT2D eigenvalue weighted by Gasteiger charge is 2.46. The van der Waals surface area contributed by atoms with E-state index in [9.17, 15) is 14.7 Å². The molecule has 3 aromatic rings. The molecule has 1 saturated heterocycles. The molecule has 31 heavy (non-hydrogen) atoms. The SMILES string of the molecule is COc1ccc(/C(O)=C2\C(=O)C(=O)N(Cc3cccnc3)[C@@H]2c2cccnc2)c(C)c1. The molecular formula is C24H21N3O4. The highest BCUT2D eigenvalue weighted by Crippen LogP contribution is 2.40. The molecule has 1 atom stereocenters. The molecule has 3 heterocycles. The Morgan fingerprint density at radius 1 is 1.10 bits per heavy atom. The number of ketones is 1. The molecule has 0 bridgehead atoms. The van der Waals surface area contributed by atoms with Gasteiger partial charge in [0.25, 0.3) is 11.7 Å². The molecule has 1 aromatic carbocycles. The van der Waals surface area contributed by atoms with Crippen molar-refractivity contribution in [1.82, 2.24) is 14.9 Å². The van der Waals surface area contributed by atoms with Crippen LogP contribution in [0.15, 0.2) is 72.8 Å². The molecule has 0 spiro atoms. The van der Waals surface area contributed by atoms with Gasteiger partial charge in [0.15, 0.2) is 0 Å². The lowest BCUT2D eigenvalue weighted by atomic mass is 9.94. The minimum Gasteiger partial charge on any atom is -0.507 e. The van der Waals surface area contributed by atoms with Gasteiger partial charge in [-0.2, -0.15) is 0 Å². The van der Waals surface area contributed by atoms with Crippen LogP contribution in [0.2, 0.25) is 0 Å². The number of Topliss-reactive ketones (excluding diaryl/α,β-unsaturated/α-hetero) is 1. The van der Waals surface area contributed by atoms with Crippen LogP contribution in [-0.2, 0) is 16.1 Å². The number of hydrogen-bond donors (Lipinski definition) is 1. The molecule has 7 heteroatoms.